The molecule has 4 aliphatic rings. The third kappa shape index (κ3) is 2.34. The number of H-pyrrole nitrogens is 1. The van der Waals surface area contributed by atoms with Crippen LogP contribution in [0.4, 0.5) is 0 Å². The fourth-order valence-electron chi connectivity index (χ4n) is 7.34. The Balaban J connectivity index is 1.47. The molecule has 1 aromatic heterocycles. The third-order valence-corrected chi connectivity index (χ3v) is 8.81. The lowest BCUT2D eigenvalue weighted by molar-refractivity contribution is -0.137. The molecule has 0 spiro atoms. The predicted octanol–water partition coefficient (Wildman–Crippen LogP) is 4.43. The van der Waals surface area contributed by atoms with Crippen LogP contribution in [0.3, 0.4) is 0 Å². The maximum Gasteiger partial charge on any atom is 0.246 e. The summed E-state index contributed by atoms with van der Waals surface area (Å²) in [4.78, 5) is 21.9. The van der Waals surface area contributed by atoms with E-state index < -0.39 is 0 Å². The van der Waals surface area contributed by atoms with E-state index in [0.717, 1.165) is 24.1 Å². The quantitative estimate of drug-likeness (QED) is 0.800. The molecule has 5 rings (SSSR count). The molecule has 3 fully saturated rings. The molecule has 2 heterocycles. The second-order valence-electron chi connectivity index (χ2n) is 9.76. The van der Waals surface area contributed by atoms with E-state index >= 15 is 0 Å². The molecule has 3 aliphatic carbocycles. The Kier molecular flexibility index (Phi) is 3.73. The summed E-state index contributed by atoms with van der Waals surface area (Å²) in [6.07, 6.45) is 17.6. The van der Waals surface area contributed by atoms with Crippen LogP contribution in [0.2, 0.25) is 0 Å². The standard InChI is InChI=1S/C23H31N3O/c1-22-10-8-18-16(5-7-19-23(18,2)11-9-21(27)26(19)3)17(22)6-4-15(22)14-20-24-12-13-25-20/h9,11-14,16-19H,4-8,10H2,1-3H3,(H,24,25)/t16-,17-,18-,19+,22+,23+/m0/s1. The number of carbonyl (C=O) groups is 1. The minimum atomic E-state index is 0.139. The van der Waals surface area contributed by atoms with Gasteiger partial charge >= 0.3 is 0 Å². The number of carbonyl (C=O) groups excluding carboxylic acids is 1. The van der Waals surface area contributed by atoms with E-state index in [2.05, 4.69) is 36.0 Å². The van der Waals surface area contributed by atoms with Crippen molar-refractivity contribution >= 4 is 12.0 Å². The lowest BCUT2D eigenvalue weighted by atomic mass is 9.48. The molecule has 0 bridgehead atoms. The van der Waals surface area contributed by atoms with Crippen LogP contribution in [-0.4, -0.2) is 33.9 Å². The first-order valence-electron chi connectivity index (χ1n) is 10.6. The van der Waals surface area contributed by atoms with Crippen LogP contribution in [0, 0.1) is 28.6 Å². The number of hydrogen-bond donors (Lipinski definition) is 1. The van der Waals surface area contributed by atoms with Gasteiger partial charge in [-0.05, 0) is 73.8 Å². The smallest absolute Gasteiger partial charge is 0.246 e. The van der Waals surface area contributed by atoms with Gasteiger partial charge in [0.05, 0.1) is 0 Å². The van der Waals surface area contributed by atoms with Gasteiger partial charge in [-0.2, -0.15) is 0 Å². The van der Waals surface area contributed by atoms with E-state index in [1.165, 1.54) is 32.1 Å². The molecule has 1 aromatic rings. The second-order valence-corrected chi connectivity index (χ2v) is 9.76. The number of amides is 1. The summed E-state index contributed by atoms with van der Waals surface area (Å²) in [5, 5.41) is 0. The van der Waals surface area contributed by atoms with Crippen molar-refractivity contribution in [3.63, 3.8) is 0 Å². The van der Waals surface area contributed by atoms with E-state index in [1.807, 2.05) is 30.4 Å². The molecule has 0 saturated heterocycles. The average molecular weight is 366 g/mol. The topological polar surface area (TPSA) is 49.0 Å². The van der Waals surface area contributed by atoms with Gasteiger partial charge in [-0.1, -0.05) is 25.5 Å². The largest absolute Gasteiger partial charge is 0.345 e. The monoisotopic (exact) mass is 365 g/mol. The van der Waals surface area contributed by atoms with Crippen LogP contribution in [0.5, 0.6) is 0 Å². The van der Waals surface area contributed by atoms with Gasteiger partial charge in [0.25, 0.3) is 0 Å². The number of nitrogens with zero attached hydrogens (tertiary/aromatic N) is 2. The Labute approximate surface area is 162 Å². The van der Waals surface area contributed by atoms with Gasteiger partial charge in [0.15, 0.2) is 0 Å². The SMILES string of the molecule is CN1C(=O)C=C[C@]2(C)[C@H]3CC[C@]4(C)C(=Cc5ncc[nH]5)CC[C@H]4[C@@H]3CC[C@@H]12. The minimum absolute atomic E-state index is 0.139. The van der Waals surface area contributed by atoms with E-state index in [4.69, 9.17) is 0 Å². The maximum absolute atomic E-state index is 12.2. The van der Waals surface area contributed by atoms with Crippen LogP contribution < -0.4 is 0 Å². The lowest BCUT2D eigenvalue weighted by Crippen LogP contribution is -2.59. The molecule has 1 aliphatic heterocycles. The number of rotatable bonds is 1. The van der Waals surface area contributed by atoms with Gasteiger partial charge in [-0.3, -0.25) is 4.79 Å². The number of imidazole rings is 1. The summed E-state index contributed by atoms with van der Waals surface area (Å²) >= 11 is 0. The molecular weight excluding hydrogens is 334 g/mol. The highest BCUT2D eigenvalue weighted by Gasteiger charge is 2.59. The third-order valence-electron chi connectivity index (χ3n) is 8.81. The van der Waals surface area contributed by atoms with Crippen molar-refractivity contribution in [2.75, 3.05) is 7.05 Å². The molecule has 0 radical (unpaired) electrons. The molecule has 4 nitrogen and oxygen atoms in total. The summed E-state index contributed by atoms with van der Waals surface area (Å²) in [6.45, 7) is 4.93. The number of aromatic nitrogens is 2. The van der Waals surface area contributed by atoms with Crippen molar-refractivity contribution in [1.29, 1.82) is 0 Å². The van der Waals surface area contributed by atoms with Crippen molar-refractivity contribution in [3.05, 3.63) is 35.9 Å². The lowest BCUT2D eigenvalue weighted by Gasteiger charge is -2.59. The number of fused-ring (bicyclic) bond motifs is 5. The molecule has 144 valence electrons. The van der Waals surface area contributed by atoms with Gasteiger partial charge in [0, 0.05) is 30.9 Å². The van der Waals surface area contributed by atoms with Gasteiger partial charge in [0.2, 0.25) is 5.91 Å². The van der Waals surface area contributed by atoms with Crippen molar-refractivity contribution in [3.8, 4) is 0 Å². The molecule has 0 unspecified atom stereocenters. The summed E-state index contributed by atoms with van der Waals surface area (Å²) < 4.78 is 0. The van der Waals surface area contributed by atoms with Crippen LogP contribution in [-0.2, 0) is 4.79 Å². The van der Waals surface area contributed by atoms with Crippen LogP contribution in [0.1, 0.15) is 58.2 Å². The fourth-order valence-corrected chi connectivity index (χ4v) is 7.34. The Morgan fingerprint density at radius 2 is 2.07 bits per heavy atom. The van der Waals surface area contributed by atoms with E-state index in [-0.39, 0.29) is 11.3 Å². The highest BCUT2D eigenvalue weighted by Crippen LogP contribution is 2.65. The molecule has 1 amide bonds. The fraction of sp³-hybridized carbons (Fsp3) is 0.652. The number of likely N-dealkylation sites (N-methyl/N-ethyl adjacent to an activating group) is 1. The number of aromatic amines is 1. The first-order valence-corrected chi connectivity index (χ1v) is 10.6. The highest BCUT2D eigenvalue weighted by atomic mass is 16.2. The molecule has 1 N–H and O–H groups in total. The Bertz CT molecular complexity index is 810. The highest BCUT2D eigenvalue weighted by molar-refractivity contribution is 5.89. The average Bonchev–Trinajstić information content (AvgIpc) is 3.27. The van der Waals surface area contributed by atoms with Crippen molar-refractivity contribution in [2.24, 2.45) is 28.6 Å². The van der Waals surface area contributed by atoms with E-state index in [0.29, 0.717) is 17.4 Å². The van der Waals surface area contributed by atoms with Gasteiger partial charge in [-0.15, -0.1) is 0 Å². The zero-order valence-corrected chi connectivity index (χ0v) is 16.7. The molecule has 0 aromatic carbocycles. The minimum Gasteiger partial charge on any atom is -0.345 e. The number of nitrogens with one attached hydrogen (secondary N) is 1. The van der Waals surface area contributed by atoms with E-state index in [1.54, 1.807) is 5.57 Å². The summed E-state index contributed by atoms with van der Waals surface area (Å²) in [6, 6.07) is 0.375. The summed E-state index contributed by atoms with van der Waals surface area (Å²) in [7, 11) is 2.00. The molecule has 27 heavy (non-hydrogen) atoms. The Morgan fingerprint density at radius 1 is 1.22 bits per heavy atom. The van der Waals surface area contributed by atoms with Crippen molar-refractivity contribution in [1.82, 2.24) is 14.9 Å². The van der Waals surface area contributed by atoms with Crippen molar-refractivity contribution in [2.45, 2.75) is 58.4 Å². The zero-order valence-electron chi connectivity index (χ0n) is 16.7. The predicted molar refractivity (Wildman–Crippen MR) is 107 cm³/mol. The normalized spacial score (nSPS) is 44.9. The van der Waals surface area contributed by atoms with E-state index in [9.17, 15) is 4.79 Å². The van der Waals surface area contributed by atoms with Crippen LogP contribution in [0.15, 0.2) is 30.1 Å². The summed E-state index contributed by atoms with van der Waals surface area (Å²) in [5.74, 6) is 3.43. The molecular formula is C23H31N3O. The molecule has 4 heteroatoms. The van der Waals surface area contributed by atoms with Crippen LogP contribution in [0.25, 0.3) is 6.08 Å². The first-order chi connectivity index (χ1) is 12.9. The Morgan fingerprint density at radius 3 is 2.85 bits per heavy atom. The second kappa shape index (κ2) is 5.83. The van der Waals surface area contributed by atoms with Gasteiger partial charge in [-0.25, -0.2) is 4.98 Å². The summed E-state index contributed by atoms with van der Waals surface area (Å²) in [5.41, 5.74) is 2.05. The van der Waals surface area contributed by atoms with Gasteiger partial charge in [0.1, 0.15) is 5.82 Å². The molecule has 3 saturated carbocycles. The zero-order chi connectivity index (χ0) is 18.8. The van der Waals surface area contributed by atoms with Gasteiger partial charge < -0.3 is 9.88 Å². The van der Waals surface area contributed by atoms with Crippen LogP contribution >= 0.6 is 0 Å². The number of allylic oxidation sites excluding steroid dienone is 1. The maximum atomic E-state index is 12.2. The molecule has 6 atom stereocenters. The van der Waals surface area contributed by atoms with Crippen molar-refractivity contribution < 1.29 is 4.79 Å². The number of hydrogen-bond acceptors (Lipinski definition) is 2. The Hall–Kier alpha value is -1.84. The first kappa shape index (κ1) is 17.3.